The van der Waals surface area contributed by atoms with Gasteiger partial charge in [0.15, 0.2) is 0 Å². The van der Waals surface area contributed by atoms with Gasteiger partial charge in [-0.1, -0.05) is 36.8 Å². The number of amides is 1. The summed E-state index contributed by atoms with van der Waals surface area (Å²) in [5.41, 5.74) is 9.38. The summed E-state index contributed by atoms with van der Waals surface area (Å²) in [6, 6.07) is 12.4. The second-order valence-corrected chi connectivity index (χ2v) is 6.71. The molecule has 0 bridgehead atoms. The number of nitrogens with one attached hydrogen (secondary N) is 1. The Morgan fingerprint density at radius 2 is 2.04 bits per heavy atom. The number of benzene rings is 1. The van der Waals surface area contributed by atoms with Gasteiger partial charge < -0.3 is 11.1 Å². The molecule has 3 atom stereocenters. The first-order chi connectivity index (χ1) is 11.6. The van der Waals surface area contributed by atoms with Crippen molar-refractivity contribution in [2.75, 3.05) is 0 Å². The maximum absolute atomic E-state index is 12.2. The fourth-order valence-electron chi connectivity index (χ4n) is 3.44. The van der Waals surface area contributed by atoms with E-state index >= 15 is 0 Å². The van der Waals surface area contributed by atoms with Crippen LogP contribution in [0.15, 0.2) is 48.8 Å². The quantitative estimate of drug-likeness (QED) is 0.885. The van der Waals surface area contributed by atoms with Gasteiger partial charge in [-0.05, 0) is 48.4 Å². The lowest BCUT2D eigenvalue weighted by molar-refractivity contribution is -0.122. The molecule has 0 saturated heterocycles. The van der Waals surface area contributed by atoms with Gasteiger partial charge in [0.2, 0.25) is 5.91 Å². The third kappa shape index (κ3) is 4.01. The molecule has 1 saturated carbocycles. The molecular formula is C20H25N3O. The van der Waals surface area contributed by atoms with Crippen LogP contribution in [0.5, 0.6) is 0 Å². The molecule has 3 N–H and O–H groups in total. The second-order valence-electron chi connectivity index (χ2n) is 6.71. The summed E-state index contributed by atoms with van der Waals surface area (Å²) < 4.78 is 0. The van der Waals surface area contributed by atoms with Crippen LogP contribution in [0.4, 0.5) is 0 Å². The van der Waals surface area contributed by atoms with Crippen molar-refractivity contribution in [3.8, 4) is 11.1 Å². The van der Waals surface area contributed by atoms with Gasteiger partial charge in [0, 0.05) is 24.9 Å². The van der Waals surface area contributed by atoms with Crippen molar-refractivity contribution in [2.24, 2.45) is 11.7 Å². The van der Waals surface area contributed by atoms with Gasteiger partial charge in [-0.2, -0.15) is 0 Å². The highest BCUT2D eigenvalue weighted by atomic mass is 16.1. The molecule has 1 aromatic carbocycles. The van der Waals surface area contributed by atoms with Crippen LogP contribution in [0.1, 0.15) is 44.2 Å². The van der Waals surface area contributed by atoms with E-state index in [1.807, 2.05) is 25.3 Å². The van der Waals surface area contributed by atoms with Gasteiger partial charge in [-0.3, -0.25) is 9.78 Å². The summed E-state index contributed by atoms with van der Waals surface area (Å²) in [7, 11) is 0. The standard InChI is InChI=1S/C20H25N3O/c1-14(23-20(24)12-17-4-2-6-19(17)21)15-7-9-16(10-8-15)18-5-3-11-22-13-18/h3,5,7-11,13-14,17,19H,2,4,6,12,21H2,1H3,(H,23,24)/t14?,17-,19+/m0/s1. The fraction of sp³-hybridized carbons (Fsp3) is 0.400. The van der Waals surface area contributed by atoms with Gasteiger partial charge in [0.05, 0.1) is 6.04 Å². The number of hydrogen-bond acceptors (Lipinski definition) is 3. The highest BCUT2D eigenvalue weighted by Crippen LogP contribution is 2.27. The van der Waals surface area contributed by atoms with Gasteiger partial charge in [-0.25, -0.2) is 0 Å². The molecule has 1 fully saturated rings. The van der Waals surface area contributed by atoms with Crippen LogP contribution in [0, 0.1) is 5.92 Å². The smallest absolute Gasteiger partial charge is 0.220 e. The van der Waals surface area contributed by atoms with Crippen LogP contribution in [-0.2, 0) is 4.79 Å². The van der Waals surface area contributed by atoms with Crippen molar-refractivity contribution >= 4 is 5.91 Å². The van der Waals surface area contributed by atoms with Crippen LogP contribution < -0.4 is 11.1 Å². The van der Waals surface area contributed by atoms with Gasteiger partial charge in [0.1, 0.15) is 0 Å². The predicted molar refractivity (Wildman–Crippen MR) is 96.2 cm³/mol. The van der Waals surface area contributed by atoms with E-state index in [9.17, 15) is 4.79 Å². The van der Waals surface area contributed by atoms with Crippen LogP contribution in [-0.4, -0.2) is 16.9 Å². The monoisotopic (exact) mass is 323 g/mol. The molecule has 2 aromatic rings. The number of pyridine rings is 1. The molecule has 0 spiro atoms. The number of aromatic nitrogens is 1. The molecule has 1 amide bonds. The van der Waals surface area contributed by atoms with Gasteiger partial charge >= 0.3 is 0 Å². The molecule has 0 aliphatic heterocycles. The average Bonchev–Trinajstić information content (AvgIpc) is 3.00. The molecule has 1 heterocycles. The SMILES string of the molecule is CC(NC(=O)C[C@@H]1CCC[C@H]1N)c1ccc(-c2cccnc2)cc1. The van der Waals surface area contributed by atoms with Crippen LogP contribution in [0.3, 0.4) is 0 Å². The Labute approximate surface area is 143 Å². The van der Waals surface area contributed by atoms with Gasteiger partial charge in [0.25, 0.3) is 0 Å². The van der Waals surface area contributed by atoms with Gasteiger partial charge in [-0.15, -0.1) is 0 Å². The Morgan fingerprint density at radius 3 is 2.67 bits per heavy atom. The number of carbonyl (C=O) groups excluding carboxylic acids is 1. The summed E-state index contributed by atoms with van der Waals surface area (Å²) in [6.07, 6.45) is 7.42. The number of nitrogens with two attached hydrogens (primary N) is 1. The van der Waals surface area contributed by atoms with Crippen molar-refractivity contribution in [2.45, 2.75) is 44.7 Å². The fourth-order valence-corrected chi connectivity index (χ4v) is 3.44. The lowest BCUT2D eigenvalue weighted by Crippen LogP contribution is -2.32. The zero-order chi connectivity index (χ0) is 16.9. The van der Waals surface area contributed by atoms with E-state index in [0.717, 1.165) is 36.0 Å². The average molecular weight is 323 g/mol. The minimum atomic E-state index is -0.00178. The van der Waals surface area contributed by atoms with Crippen molar-refractivity contribution in [3.05, 3.63) is 54.4 Å². The Morgan fingerprint density at radius 1 is 1.25 bits per heavy atom. The van der Waals surface area contributed by atoms with Crippen LogP contribution in [0.2, 0.25) is 0 Å². The zero-order valence-electron chi connectivity index (χ0n) is 14.1. The second kappa shape index (κ2) is 7.58. The summed E-state index contributed by atoms with van der Waals surface area (Å²) in [5, 5.41) is 3.10. The van der Waals surface area contributed by atoms with E-state index in [0.29, 0.717) is 12.3 Å². The molecular weight excluding hydrogens is 298 g/mol. The zero-order valence-corrected chi connectivity index (χ0v) is 14.1. The third-order valence-electron chi connectivity index (χ3n) is 4.95. The number of hydrogen-bond donors (Lipinski definition) is 2. The first-order valence-corrected chi connectivity index (χ1v) is 8.69. The summed E-state index contributed by atoms with van der Waals surface area (Å²) >= 11 is 0. The Balaban J connectivity index is 1.58. The third-order valence-corrected chi connectivity index (χ3v) is 4.95. The lowest BCUT2D eigenvalue weighted by atomic mass is 9.99. The van der Waals surface area contributed by atoms with Crippen LogP contribution >= 0.6 is 0 Å². The van der Waals surface area contributed by atoms with Crippen molar-refractivity contribution in [1.82, 2.24) is 10.3 Å². The molecule has 0 radical (unpaired) electrons. The molecule has 1 aliphatic carbocycles. The molecule has 126 valence electrons. The molecule has 1 aliphatic rings. The van der Waals surface area contributed by atoms with Crippen molar-refractivity contribution in [3.63, 3.8) is 0 Å². The minimum absolute atomic E-state index is 0.00178. The summed E-state index contributed by atoms with van der Waals surface area (Å²) in [6.45, 7) is 2.02. The largest absolute Gasteiger partial charge is 0.350 e. The van der Waals surface area contributed by atoms with Crippen LogP contribution in [0.25, 0.3) is 11.1 Å². The molecule has 4 nitrogen and oxygen atoms in total. The van der Waals surface area contributed by atoms with E-state index in [4.69, 9.17) is 5.73 Å². The van der Waals surface area contributed by atoms with Crippen molar-refractivity contribution in [1.29, 1.82) is 0 Å². The van der Waals surface area contributed by atoms with Crippen molar-refractivity contribution < 1.29 is 4.79 Å². The minimum Gasteiger partial charge on any atom is -0.350 e. The highest BCUT2D eigenvalue weighted by molar-refractivity contribution is 5.76. The number of carbonyl (C=O) groups is 1. The number of nitrogens with zero attached hydrogens (tertiary/aromatic N) is 1. The summed E-state index contributed by atoms with van der Waals surface area (Å²) in [4.78, 5) is 16.4. The maximum Gasteiger partial charge on any atom is 0.220 e. The first kappa shape index (κ1) is 16.7. The van der Waals surface area contributed by atoms with E-state index in [1.165, 1.54) is 0 Å². The lowest BCUT2D eigenvalue weighted by Gasteiger charge is -2.18. The predicted octanol–water partition coefficient (Wildman–Crippen LogP) is 3.44. The topological polar surface area (TPSA) is 68.0 Å². The molecule has 4 heteroatoms. The summed E-state index contributed by atoms with van der Waals surface area (Å²) in [5.74, 6) is 0.436. The Bertz CT molecular complexity index is 669. The number of rotatable bonds is 5. The van der Waals surface area contributed by atoms with E-state index in [1.54, 1.807) is 6.20 Å². The highest BCUT2D eigenvalue weighted by Gasteiger charge is 2.26. The molecule has 3 rings (SSSR count). The maximum atomic E-state index is 12.2. The van der Waals surface area contributed by atoms with E-state index < -0.39 is 0 Å². The normalized spacial score (nSPS) is 21.4. The molecule has 1 aromatic heterocycles. The Hall–Kier alpha value is -2.20. The Kier molecular flexibility index (Phi) is 5.26. The van der Waals surface area contributed by atoms with E-state index in [2.05, 4.69) is 34.6 Å². The first-order valence-electron chi connectivity index (χ1n) is 8.69. The molecule has 1 unspecified atom stereocenters. The van der Waals surface area contributed by atoms with E-state index in [-0.39, 0.29) is 18.0 Å². The molecule has 24 heavy (non-hydrogen) atoms.